The summed E-state index contributed by atoms with van der Waals surface area (Å²) in [6.45, 7) is 9.99. The van der Waals surface area contributed by atoms with Gasteiger partial charge in [0.15, 0.2) is 6.10 Å². The molecular weight excluding hydrogens is 542 g/mol. The molecule has 1 saturated heterocycles. The van der Waals surface area contributed by atoms with E-state index >= 15 is 0 Å². The van der Waals surface area contributed by atoms with Gasteiger partial charge in [-0.1, -0.05) is 71.9 Å². The van der Waals surface area contributed by atoms with Gasteiger partial charge < -0.3 is 31.3 Å². The molecular formula is C30H45N5O7. The molecule has 42 heavy (non-hydrogen) atoms. The lowest BCUT2D eigenvalue weighted by Crippen LogP contribution is -2.58. The first-order valence-electron chi connectivity index (χ1n) is 14.5. The third kappa shape index (κ3) is 11.5. The van der Waals surface area contributed by atoms with Gasteiger partial charge >= 0.3 is 5.97 Å². The number of hydrogen-bond acceptors (Lipinski definition) is 7. The number of carbonyl (C=O) groups excluding carboxylic acids is 6. The predicted octanol–water partition coefficient (Wildman–Crippen LogP) is 0.590. The molecule has 1 aliphatic heterocycles. The third-order valence-electron chi connectivity index (χ3n) is 6.59. The topological polar surface area (TPSA) is 172 Å². The predicted molar refractivity (Wildman–Crippen MR) is 156 cm³/mol. The van der Waals surface area contributed by atoms with Crippen LogP contribution in [0.3, 0.4) is 0 Å². The minimum atomic E-state index is -1.20. The van der Waals surface area contributed by atoms with E-state index in [2.05, 4.69) is 26.6 Å². The summed E-state index contributed by atoms with van der Waals surface area (Å²) in [4.78, 5) is 78.2. The molecule has 12 heteroatoms. The summed E-state index contributed by atoms with van der Waals surface area (Å²) >= 11 is 0. The molecule has 2 rings (SSSR count). The molecule has 4 atom stereocenters. The molecule has 1 heterocycles. The Morgan fingerprint density at radius 3 is 1.83 bits per heavy atom. The van der Waals surface area contributed by atoms with Crippen LogP contribution in [0.1, 0.15) is 59.9 Å². The Morgan fingerprint density at radius 1 is 0.690 bits per heavy atom. The second-order valence-corrected chi connectivity index (χ2v) is 11.8. The minimum Gasteiger partial charge on any atom is -0.451 e. The normalized spacial score (nSPS) is 23.7. The minimum absolute atomic E-state index is 0.00395. The lowest BCUT2D eigenvalue weighted by atomic mass is 10.0. The van der Waals surface area contributed by atoms with Crippen molar-refractivity contribution in [3.8, 4) is 0 Å². The lowest BCUT2D eigenvalue weighted by Gasteiger charge is -2.27. The number of nitrogens with one attached hydrogen (secondary N) is 5. The van der Waals surface area contributed by atoms with Gasteiger partial charge in [-0.15, -0.1) is 0 Å². The van der Waals surface area contributed by atoms with Gasteiger partial charge in [0.05, 0.1) is 13.1 Å². The van der Waals surface area contributed by atoms with Crippen LogP contribution in [-0.4, -0.2) is 72.8 Å². The highest BCUT2D eigenvalue weighted by atomic mass is 16.5. The molecule has 232 valence electrons. The van der Waals surface area contributed by atoms with E-state index in [0.717, 1.165) is 5.56 Å². The number of esters is 1. The highest BCUT2D eigenvalue weighted by Crippen LogP contribution is 2.13. The lowest BCUT2D eigenvalue weighted by molar-refractivity contribution is -0.160. The summed E-state index contributed by atoms with van der Waals surface area (Å²) in [7, 11) is 0. The zero-order valence-corrected chi connectivity index (χ0v) is 25.3. The maximum absolute atomic E-state index is 13.3. The number of carbonyl (C=O) groups is 6. The van der Waals surface area contributed by atoms with Gasteiger partial charge in [-0.2, -0.15) is 0 Å². The fourth-order valence-corrected chi connectivity index (χ4v) is 4.44. The second kappa shape index (κ2) is 16.5. The molecule has 0 aliphatic carbocycles. The van der Waals surface area contributed by atoms with Crippen molar-refractivity contribution in [3.63, 3.8) is 0 Å². The molecule has 5 N–H and O–H groups in total. The van der Waals surface area contributed by atoms with E-state index in [9.17, 15) is 28.8 Å². The molecule has 0 radical (unpaired) electrons. The Balaban J connectivity index is 2.39. The fraction of sp³-hybridized carbons (Fsp3) is 0.600. The van der Waals surface area contributed by atoms with Crippen LogP contribution in [0.5, 0.6) is 0 Å². The molecule has 1 aromatic carbocycles. The smallest absolute Gasteiger partial charge is 0.329 e. The van der Waals surface area contributed by atoms with Crippen LogP contribution < -0.4 is 26.6 Å². The summed E-state index contributed by atoms with van der Waals surface area (Å²) in [6, 6.07) is 5.90. The average molecular weight is 588 g/mol. The van der Waals surface area contributed by atoms with Crippen LogP contribution in [0.25, 0.3) is 0 Å². The molecule has 1 aromatic rings. The molecule has 0 spiro atoms. The number of benzene rings is 1. The van der Waals surface area contributed by atoms with Gasteiger partial charge in [0.2, 0.25) is 23.6 Å². The van der Waals surface area contributed by atoms with Crippen LogP contribution in [0.4, 0.5) is 0 Å². The van der Waals surface area contributed by atoms with Crippen molar-refractivity contribution in [1.29, 1.82) is 0 Å². The fourth-order valence-electron chi connectivity index (χ4n) is 4.44. The Bertz CT molecular complexity index is 1110. The van der Waals surface area contributed by atoms with Crippen molar-refractivity contribution >= 4 is 35.5 Å². The van der Waals surface area contributed by atoms with E-state index in [0.29, 0.717) is 0 Å². The Labute approximate surface area is 247 Å². The van der Waals surface area contributed by atoms with Crippen molar-refractivity contribution in [3.05, 3.63) is 35.9 Å². The molecule has 0 aromatic heterocycles. The zero-order chi connectivity index (χ0) is 31.4. The highest BCUT2D eigenvalue weighted by molar-refractivity contribution is 5.95. The maximum Gasteiger partial charge on any atom is 0.329 e. The molecule has 1 fully saturated rings. The summed E-state index contributed by atoms with van der Waals surface area (Å²) in [6.07, 6.45) is -0.634. The molecule has 12 nitrogen and oxygen atoms in total. The zero-order valence-electron chi connectivity index (χ0n) is 25.3. The number of ether oxygens (including phenoxy) is 1. The second-order valence-electron chi connectivity index (χ2n) is 11.8. The monoisotopic (exact) mass is 587 g/mol. The van der Waals surface area contributed by atoms with Crippen molar-refractivity contribution in [2.45, 2.75) is 85.0 Å². The number of amides is 5. The number of rotatable bonds is 7. The van der Waals surface area contributed by atoms with Crippen LogP contribution >= 0.6 is 0 Å². The summed E-state index contributed by atoms with van der Waals surface area (Å²) < 4.78 is 5.55. The van der Waals surface area contributed by atoms with E-state index in [-0.39, 0.29) is 37.0 Å². The van der Waals surface area contributed by atoms with Crippen molar-refractivity contribution < 1.29 is 33.5 Å². The van der Waals surface area contributed by atoms with E-state index in [4.69, 9.17) is 4.74 Å². The van der Waals surface area contributed by atoms with Crippen LogP contribution in [0, 0.1) is 17.8 Å². The largest absolute Gasteiger partial charge is 0.451 e. The maximum atomic E-state index is 13.3. The molecule has 1 aliphatic rings. The SMILES string of the molecule is CC(C)C[C@@H]1OC(=O)[C@@H](CC(C)C)NC(=O)CNC(=O)[C@H](Cc2ccccc2)NC(=O)[C@H](C(C)C)NC(=O)CNC1=O. The first kappa shape index (κ1) is 34.2. The molecule has 0 bridgehead atoms. The van der Waals surface area contributed by atoms with Gasteiger partial charge in [-0.25, -0.2) is 4.79 Å². The molecule has 0 unspecified atom stereocenters. The van der Waals surface area contributed by atoms with Gasteiger partial charge in [0.25, 0.3) is 5.91 Å². The van der Waals surface area contributed by atoms with Gasteiger partial charge in [0.1, 0.15) is 18.1 Å². The third-order valence-corrected chi connectivity index (χ3v) is 6.59. The first-order valence-corrected chi connectivity index (χ1v) is 14.5. The highest BCUT2D eigenvalue weighted by Gasteiger charge is 2.32. The van der Waals surface area contributed by atoms with Crippen molar-refractivity contribution in [2.24, 2.45) is 17.8 Å². The standard InChI is InChI=1S/C30H45N5O7/c1-17(2)12-22-30(41)42-23(13-18(3)4)28(39)32-16-25(37)35-26(19(5)6)29(40)34-21(14-20-10-8-7-9-11-20)27(38)31-15-24(36)33-22/h7-11,17-19,21-23,26H,12-16H2,1-6H3,(H,31,38)(H,32,39)(H,33,36)(H,34,40)(H,35,37)/t21-,22+,23-,26-/m0/s1. The van der Waals surface area contributed by atoms with Crippen LogP contribution in [0.15, 0.2) is 30.3 Å². The van der Waals surface area contributed by atoms with Gasteiger partial charge in [0, 0.05) is 6.42 Å². The van der Waals surface area contributed by atoms with Crippen molar-refractivity contribution in [2.75, 3.05) is 13.1 Å². The van der Waals surface area contributed by atoms with Crippen molar-refractivity contribution in [1.82, 2.24) is 26.6 Å². The van der Waals surface area contributed by atoms with E-state index < -0.39 is 72.8 Å². The summed E-state index contributed by atoms with van der Waals surface area (Å²) in [5.41, 5.74) is 0.771. The number of hydrogen-bond donors (Lipinski definition) is 5. The molecule has 5 amide bonds. The Kier molecular flexibility index (Phi) is 13.4. The Morgan fingerprint density at radius 2 is 1.26 bits per heavy atom. The van der Waals surface area contributed by atoms with Gasteiger partial charge in [-0.3, -0.25) is 24.0 Å². The first-order chi connectivity index (χ1) is 19.8. The Hall–Kier alpha value is -3.96. The quantitative estimate of drug-likeness (QED) is 0.291. The number of cyclic esters (lactones) is 1. The summed E-state index contributed by atoms with van der Waals surface area (Å²) in [5.74, 6) is -4.28. The van der Waals surface area contributed by atoms with Gasteiger partial charge in [-0.05, 0) is 36.2 Å². The van der Waals surface area contributed by atoms with Crippen LogP contribution in [0.2, 0.25) is 0 Å². The van der Waals surface area contributed by atoms with E-state index in [1.165, 1.54) is 0 Å². The average Bonchev–Trinajstić information content (AvgIpc) is 2.91. The molecule has 0 saturated carbocycles. The summed E-state index contributed by atoms with van der Waals surface area (Å²) in [5, 5.41) is 13.0. The van der Waals surface area contributed by atoms with E-state index in [1.54, 1.807) is 38.1 Å². The van der Waals surface area contributed by atoms with Crippen LogP contribution in [-0.2, 0) is 39.9 Å². The van der Waals surface area contributed by atoms with E-state index in [1.807, 2.05) is 33.8 Å².